The second kappa shape index (κ2) is 6.18. The number of rotatable bonds is 6. The Morgan fingerprint density at radius 3 is 2.53 bits per heavy atom. The second-order valence-corrected chi connectivity index (χ2v) is 6.22. The van der Waals surface area contributed by atoms with Crippen molar-refractivity contribution < 1.29 is 0 Å². The first-order valence-electron chi connectivity index (χ1n) is 5.74. The third kappa shape index (κ3) is 3.41. The van der Waals surface area contributed by atoms with Crippen molar-refractivity contribution in [3.63, 3.8) is 0 Å². The highest BCUT2D eigenvalue weighted by molar-refractivity contribution is 14.1. The second-order valence-electron chi connectivity index (χ2n) is 4.43. The lowest BCUT2D eigenvalue weighted by atomic mass is 9.78. The summed E-state index contributed by atoms with van der Waals surface area (Å²) in [5.41, 5.74) is 1.64. The zero-order valence-electron chi connectivity index (χ0n) is 9.85. The van der Waals surface area contributed by atoms with E-state index in [1.165, 1.54) is 41.4 Å². The molecule has 0 aromatic carbocycles. The normalized spacial score (nSPS) is 15.2. The van der Waals surface area contributed by atoms with Crippen LogP contribution < -0.4 is 0 Å². The molecule has 1 aromatic rings. The Hall–Kier alpha value is 0.360. The van der Waals surface area contributed by atoms with Crippen molar-refractivity contribution in [2.24, 2.45) is 0 Å². The Morgan fingerprint density at radius 1 is 1.33 bits per heavy atom. The van der Waals surface area contributed by atoms with Crippen LogP contribution in [0.4, 0.5) is 0 Å². The summed E-state index contributed by atoms with van der Waals surface area (Å²) in [6.07, 6.45) is 6.36. The molecule has 0 fully saturated rings. The zero-order chi connectivity index (χ0) is 11.3. The van der Waals surface area contributed by atoms with Crippen molar-refractivity contribution in [2.45, 2.75) is 58.3 Å². The molecule has 86 valence electrons. The number of unbranched alkanes of at least 4 members (excludes halogenated alkanes) is 1. The van der Waals surface area contributed by atoms with E-state index < -0.39 is 0 Å². The summed E-state index contributed by atoms with van der Waals surface area (Å²) in [5, 5.41) is 2.16. The largest absolute Gasteiger partial charge is 0.196 e. The lowest BCUT2D eigenvalue weighted by Crippen LogP contribution is -2.23. The fraction of sp³-hybridized carbons (Fsp3) is 0.750. The zero-order valence-corrected chi connectivity index (χ0v) is 12.8. The van der Waals surface area contributed by atoms with Gasteiger partial charge in [-0.25, -0.2) is 0 Å². The molecule has 0 spiro atoms. The van der Waals surface area contributed by atoms with Crippen LogP contribution in [0.3, 0.4) is 0 Å². The van der Waals surface area contributed by atoms with Crippen molar-refractivity contribution in [1.29, 1.82) is 0 Å². The van der Waals surface area contributed by atoms with Crippen molar-refractivity contribution in [3.05, 3.63) is 14.6 Å². The Bertz CT molecular complexity index is 298. The van der Waals surface area contributed by atoms with Gasteiger partial charge < -0.3 is 0 Å². The molecule has 0 aliphatic carbocycles. The van der Waals surface area contributed by atoms with Crippen LogP contribution >= 0.6 is 34.1 Å². The summed E-state index contributed by atoms with van der Waals surface area (Å²) in [6.45, 7) is 6.91. The molecule has 0 amide bonds. The van der Waals surface area contributed by atoms with Gasteiger partial charge in [-0.2, -0.15) is 4.37 Å². The maximum Gasteiger partial charge on any atom is 0.0734 e. The van der Waals surface area contributed by atoms with Gasteiger partial charge in [-0.3, -0.25) is 0 Å². The van der Waals surface area contributed by atoms with E-state index in [0.717, 1.165) is 0 Å². The molecule has 1 rings (SSSR count). The predicted octanol–water partition coefficient (Wildman–Crippen LogP) is 5.00. The van der Waals surface area contributed by atoms with E-state index >= 15 is 0 Å². The molecule has 15 heavy (non-hydrogen) atoms. The minimum Gasteiger partial charge on any atom is -0.196 e. The number of hydrogen-bond donors (Lipinski definition) is 0. The summed E-state index contributed by atoms with van der Waals surface area (Å²) < 4.78 is 5.95. The SMILES string of the molecule is CCCCC(C)(CCC)c1nscc1I. The number of aromatic nitrogens is 1. The first-order chi connectivity index (χ1) is 7.14. The molecular weight excluding hydrogens is 317 g/mol. The van der Waals surface area contributed by atoms with Gasteiger partial charge >= 0.3 is 0 Å². The predicted molar refractivity (Wildman–Crippen MR) is 76.6 cm³/mol. The Morgan fingerprint density at radius 2 is 2.07 bits per heavy atom. The van der Waals surface area contributed by atoms with E-state index in [9.17, 15) is 0 Å². The molecule has 1 atom stereocenters. The first kappa shape index (κ1) is 13.4. The van der Waals surface area contributed by atoms with Gasteiger partial charge in [-0.05, 0) is 47.0 Å². The van der Waals surface area contributed by atoms with Crippen LogP contribution in [0.5, 0.6) is 0 Å². The molecule has 0 bridgehead atoms. The quantitative estimate of drug-likeness (QED) is 0.666. The molecule has 1 unspecified atom stereocenters. The van der Waals surface area contributed by atoms with E-state index in [1.807, 2.05) is 0 Å². The Labute approximate surface area is 111 Å². The van der Waals surface area contributed by atoms with Gasteiger partial charge in [0.2, 0.25) is 0 Å². The molecule has 1 heterocycles. The van der Waals surface area contributed by atoms with Gasteiger partial charge in [-0.1, -0.05) is 40.0 Å². The molecule has 0 saturated heterocycles. The highest BCUT2D eigenvalue weighted by atomic mass is 127. The van der Waals surface area contributed by atoms with Crippen LogP contribution in [-0.4, -0.2) is 4.37 Å². The minimum atomic E-state index is 0.307. The molecule has 1 aromatic heterocycles. The van der Waals surface area contributed by atoms with Crippen molar-refractivity contribution in [3.8, 4) is 0 Å². The Kier molecular flexibility index (Phi) is 5.53. The van der Waals surface area contributed by atoms with Crippen molar-refractivity contribution in [1.82, 2.24) is 4.37 Å². The summed E-state index contributed by atoms with van der Waals surface area (Å²) >= 11 is 4.02. The van der Waals surface area contributed by atoms with Gasteiger partial charge in [0.05, 0.1) is 5.69 Å². The minimum absolute atomic E-state index is 0.307. The third-order valence-corrected chi connectivity index (χ3v) is 4.86. The topological polar surface area (TPSA) is 12.9 Å². The standard InChI is InChI=1S/C12H20INS/c1-4-6-8-12(3,7-5-2)11-10(13)9-15-14-11/h9H,4-8H2,1-3H3. The maximum absolute atomic E-state index is 4.59. The van der Waals surface area contributed by atoms with E-state index in [2.05, 4.69) is 53.1 Å². The van der Waals surface area contributed by atoms with Crippen LogP contribution in [0.15, 0.2) is 5.38 Å². The monoisotopic (exact) mass is 337 g/mol. The maximum atomic E-state index is 4.59. The highest BCUT2D eigenvalue weighted by Gasteiger charge is 2.29. The van der Waals surface area contributed by atoms with Crippen LogP contribution in [0.25, 0.3) is 0 Å². The highest BCUT2D eigenvalue weighted by Crippen LogP contribution is 2.36. The van der Waals surface area contributed by atoms with E-state index in [0.29, 0.717) is 5.41 Å². The molecule has 0 radical (unpaired) electrons. The van der Waals surface area contributed by atoms with Crippen LogP contribution in [0.1, 0.15) is 58.6 Å². The van der Waals surface area contributed by atoms with Gasteiger partial charge in [0.1, 0.15) is 0 Å². The van der Waals surface area contributed by atoms with Crippen molar-refractivity contribution in [2.75, 3.05) is 0 Å². The average Bonchev–Trinajstić information content (AvgIpc) is 2.62. The fourth-order valence-electron chi connectivity index (χ4n) is 2.10. The van der Waals surface area contributed by atoms with Gasteiger partial charge in [0.25, 0.3) is 0 Å². The summed E-state index contributed by atoms with van der Waals surface area (Å²) in [6, 6.07) is 0. The average molecular weight is 337 g/mol. The molecule has 0 N–H and O–H groups in total. The van der Waals surface area contributed by atoms with E-state index in [4.69, 9.17) is 0 Å². The lowest BCUT2D eigenvalue weighted by Gasteiger charge is -2.28. The van der Waals surface area contributed by atoms with Gasteiger partial charge in [0.15, 0.2) is 0 Å². The summed E-state index contributed by atoms with van der Waals surface area (Å²) in [4.78, 5) is 0. The van der Waals surface area contributed by atoms with Gasteiger partial charge in [0, 0.05) is 14.4 Å². The lowest BCUT2D eigenvalue weighted by molar-refractivity contribution is 0.374. The number of nitrogens with zero attached hydrogens (tertiary/aromatic N) is 1. The Balaban J connectivity index is 2.85. The molecule has 1 nitrogen and oxygen atoms in total. The van der Waals surface area contributed by atoms with Gasteiger partial charge in [-0.15, -0.1) is 0 Å². The molecule has 3 heteroatoms. The fourth-order valence-corrected chi connectivity index (χ4v) is 4.06. The molecule has 0 aliphatic heterocycles. The molecule has 0 aliphatic rings. The smallest absolute Gasteiger partial charge is 0.0734 e. The molecule has 0 saturated carbocycles. The molecular formula is C12H20INS. The van der Waals surface area contributed by atoms with E-state index in [-0.39, 0.29) is 0 Å². The summed E-state index contributed by atoms with van der Waals surface area (Å²) in [5.74, 6) is 0. The number of hydrogen-bond acceptors (Lipinski definition) is 2. The van der Waals surface area contributed by atoms with Crippen LogP contribution in [0.2, 0.25) is 0 Å². The number of halogens is 1. The van der Waals surface area contributed by atoms with Crippen LogP contribution in [-0.2, 0) is 5.41 Å². The van der Waals surface area contributed by atoms with Crippen molar-refractivity contribution >= 4 is 34.1 Å². The van der Waals surface area contributed by atoms with Crippen LogP contribution in [0, 0.1) is 3.57 Å². The van der Waals surface area contributed by atoms with E-state index in [1.54, 1.807) is 11.5 Å². The third-order valence-electron chi connectivity index (χ3n) is 2.98. The first-order valence-corrected chi connectivity index (χ1v) is 7.66. The summed E-state index contributed by atoms with van der Waals surface area (Å²) in [7, 11) is 0.